The van der Waals surface area contributed by atoms with E-state index < -0.39 is 0 Å². The van der Waals surface area contributed by atoms with E-state index in [9.17, 15) is 0 Å². The van der Waals surface area contributed by atoms with E-state index >= 15 is 0 Å². The van der Waals surface area contributed by atoms with E-state index in [-0.39, 0.29) is 41.7 Å². The Bertz CT molecular complexity index is 79.3. The fraction of sp³-hybridized carbons (Fsp3) is 1.00. The molecule has 0 aliphatic carbocycles. The zero-order valence-corrected chi connectivity index (χ0v) is 14.1. The van der Waals surface area contributed by atoms with Crippen LogP contribution in [0.1, 0.15) is 90.9 Å². The fourth-order valence-electron chi connectivity index (χ4n) is 1.91. The number of unbranched alkanes of at least 4 members (excludes halogenated alkanes) is 11. The summed E-state index contributed by atoms with van der Waals surface area (Å²) in [7, 11) is 0. The van der Waals surface area contributed by atoms with Crippen LogP contribution in [0.5, 0.6) is 0 Å². The number of rotatable bonds is 11. The van der Waals surface area contributed by atoms with Gasteiger partial charge in [0.05, 0.1) is 0 Å². The molecule has 1 heteroatoms. The van der Waals surface area contributed by atoms with Gasteiger partial charge in [-0.15, -0.1) is 0 Å². The second-order valence-electron chi connectivity index (χ2n) is 4.54. The quantitative estimate of drug-likeness (QED) is 0.423. The molecule has 0 spiro atoms. The summed E-state index contributed by atoms with van der Waals surface area (Å²) in [6.07, 6.45) is 17.4. The first-order chi connectivity index (χ1) is 6.91. The first-order valence-electron chi connectivity index (χ1n) is 6.91. The first kappa shape index (κ1) is 18.7. The monoisotopic (exact) mass is 338 g/mol. The van der Waals surface area contributed by atoms with E-state index in [0.717, 1.165) is 0 Å². The van der Waals surface area contributed by atoms with E-state index in [0.29, 0.717) is 0 Å². The molecule has 0 saturated heterocycles. The molecule has 0 amide bonds. The summed E-state index contributed by atoms with van der Waals surface area (Å²) in [5.41, 5.74) is 0. The molecule has 0 atom stereocenters. The van der Waals surface area contributed by atoms with Gasteiger partial charge in [0.25, 0.3) is 0 Å². The Morgan fingerprint density at radius 2 is 0.600 bits per heavy atom. The molecule has 0 nitrogen and oxygen atoms in total. The third kappa shape index (κ3) is 18.0. The first-order valence-corrected chi connectivity index (χ1v) is 6.91. The second-order valence-corrected chi connectivity index (χ2v) is 4.54. The zero-order chi connectivity index (χ0) is 10.5. The fourth-order valence-corrected chi connectivity index (χ4v) is 1.91. The van der Waals surface area contributed by atoms with Crippen LogP contribution in [0, 0.1) is 41.7 Å². The van der Waals surface area contributed by atoms with Gasteiger partial charge < -0.3 is 0 Å². The topological polar surface area (TPSA) is 0 Å². The van der Waals surface area contributed by atoms with E-state index in [4.69, 9.17) is 0 Å². The van der Waals surface area contributed by atoms with Gasteiger partial charge in [0.15, 0.2) is 0 Å². The molecule has 0 aliphatic heterocycles. The van der Waals surface area contributed by atoms with Gasteiger partial charge in [-0.05, 0) is 0 Å². The smallest absolute Gasteiger partial charge is 0 e. The molecule has 0 heterocycles. The molecule has 0 aliphatic rings. The van der Waals surface area contributed by atoms with Crippen molar-refractivity contribution >= 4 is 0 Å². The van der Waals surface area contributed by atoms with Gasteiger partial charge in [-0.2, -0.15) is 0 Å². The maximum Gasteiger partial charge on any atom is 0 e. The van der Waals surface area contributed by atoms with Gasteiger partial charge in [0.1, 0.15) is 0 Å². The van der Waals surface area contributed by atoms with Crippen LogP contribution in [-0.4, -0.2) is 0 Å². The normalized spacial score (nSPS) is 10.0. The average Bonchev–Trinajstić information content (AvgIpc) is 2.21. The van der Waals surface area contributed by atoms with Gasteiger partial charge in [-0.1, -0.05) is 90.9 Å². The average molecular weight is 339 g/mol. The molecule has 15 heavy (non-hydrogen) atoms. The second kappa shape index (κ2) is 17.8. The standard InChI is InChI=1S/C14H30.Ce/c1-3-5-7-9-11-13-14-12-10-8-6-4-2;/h3-14H2,1-2H3;. The summed E-state index contributed by atoms with van der Waals surface area (Å²) < 4.78 is 0. The van der Waals surface area contributed by atoms with Crippen molar-refractivity contribution in [3.8, 4) is 0 Å². The minimum Gasteiger partial charge on any atom is -0.0654 e. The molecule has 0 bridgehead atoms. The van der Waals surface area contributed by atoms with Crippen molar-refractivity contribution in [2.75, 3.05) is 0 Å². The van der Waals surface area contributed by atoms with Crippen molar-refractivity contribution in [1.82, 2.24) is 0 Å². The van der Waals surface area contributed by atoms with Crippen LogP contribution >= 0.6 is 0 Å². The Balaban J connectivity index is 0. The molecular formula is C14H30Ce. The maximum absolute atomic E-state index is 2.29. The van der Waals surface area contributed by atoms with Gasteiger partial charge in [0, 0.05) is 41.7 Å². The molecule has 0 aromatic heterocycles. The number of hydrogen-bond donors (Lipinski definition) is 0. The Morgan fingerprint density at radius 3 is 0.800 bits per heavy atom. The molecule has 0 rings (SSSR count). The summed E-state index contributed by atoms with van der Waals surface area (Å²) in [5, 5.41) is 0. The minimum absolute atomic E-state index is 0. The van der Waals surface area contributed by atoms with Crippen molar-refractivity contribution in [2.24, 2.45) is 0 Å². The number of hydrogen-bond acceptors (Lipinski definition) is 0. The molecule has 0 aromatic rings. The van der Waals surface area contributed by atoms with Crippen LogP contribution in [0.25, 0.3) is 0 Å². The molecule has 0 saturated carbocycles. The Hall–Kier alpha value is 1.38. The van der Waals surface area contributed by atoms with E-state index in [1.54, 1.807) is 0 Å². The predicted octanol–water partition coefficient (Wildman–Crippen LogP) is 5.71. The van der Waals surface area contributed by atoms with Crippen molar-refractivity contribution in [3.05, 3.63) is 0 Å². The molecule has 0 aromatic carbocycles. The molecule has 0 unspecified atom stereocenters. The Kier molecular flexibility index (Phi) is 22.2. The summed E-state index contributed by atoms with van der Waals surface area (Å²) in [5.74, 6) is 0. The molecule has 0 fully saturated rings. The summed E-state index contributed by atoms with van der Waals surface area (Å²) in [6.45, 7) is 4.57. The molecule has 0 N–H and O–H groups in total. The van der Waals surface area contributed by atoms with Crippen molar-refractivity contribution in [3.63, 3.8) is 0 Å². The van der Waals surface area contributed by atoms with E-state index in [1.165, 1.54) is 77.0 Å². The summed E-state index contributed by atoms with van der Waals surface area (Å²) in [6, 6.07) is 0. The van der Waals surface area contributed by atoms with Crippen LogP contribution in [0.2, 0.25) is 0 Å². The predicted molar refractivity (Wildman–Crippen MR) is 66.8 cm³/mol. The van der Waals surface area contributed by atoms with Crippen molar-refractivity contribution in [1.29, 1.82) is 0 Å². The van der Waals surface area contributed by atoms with Gasteiger partial charge >= 0.3 is 0 Å². The molecule has 0 radical (unpaired) electrons. The van der Waals surface area contributed by atoms with Gasteiger partial charge in [-0.3, -0.25) is 0 Å². The van der Waals surface area contributed by atoms with E-state index in [1.807, 2.05) is 0 Å². The van der Waals surface area contributed by atoms with Crippen LogP contribution < -0.4 is 0 Å². The van der Waals surface area contributed by atoms with Crippen molar-refractivity contribution < 1.29 is 41.7 Å². The zero-order valence-electron chi connectivity index (χ0n) is 11.0. The third-order valence-electron chi connectivity index (χ3n) is 2.96. The van der Waals surface area contributed by atoms with Crippen LogP contribution in [0.4, 0.5) is 0 Å². The molecular weight excluding hydrogens is 308 g/mol. The van der Waals surface area contributed by atoms with Crippen molar-refractivity contribution in [2.45, 2.75) is 90.9 Å². The van der Waals surface area contributed by atoms with E-state index in [2.05, 4.69) is 13.8 Å². The molecule has 90 valence electrons. The third-order valence-corrected chi connectivity index (χ3v) is 2.96. The minimum atomic E-state index is 0. The summed E-state index contributed by atoms with van der Waals surface area (Å²) in [4.78, 5) is 0. The van der Waals surface area contributed by atoms with Crippen LogP contribution in [0.15, 0.2) is 0 Å². The van der Waals surface area contributed by atoms with Crippen LogP contribution in [0.3, 0.4) is 0 Å². The largest absolute Gasteiger partial charge is 0.0654 e. The van der Waals surface area contributed by atoms with Gasteiger partial charge in [-0.25, -0.2) is 0 Å². The SMILES string of the molecule is CCCCCCCCCCCCCC.[Ce]. The van der Waals surface area contributed by atoms with Crippen LogP contribution in [-0.2, 0) is 0 Å². The maximum atomic E-state index is 2.29. The summed E-state index contributed by atoms with van der Waals surface area (Å²) >= 11 is 0. The Labute approximate surface area is 131 Å². The van der Waals surface area contributed by atoms with Gasteiger partial charge in [0.2, 0.25) is 0 Å². The Morgan fingerprint density at radius 1 is 0.400 bits per heavy atom.